The summed E-state index contributed by atoms with van der Waals surface area (Å²) >= 11 is 0. The molecule has 0 aliphatic heterocycles. The van der Waals surface area contributed by atoms with Crippen molar-refractivity contribution >= 4 is 20.7 Å². The highest BCUT2D eigenvalue weighted by atomic mass is 32.2. The zero-order valence-electron chi connectivity index (χ0n) is 14.3. The van der Waals surface area contributed by atoms with Crippen molar-refractivity contribution in [2.24, 2.45) is 0 Å². The molecule has 0 aliphatic rings. The maximum absolute atomic E-state index is 13.3. The molecule has 0 bridgehead atoms. The van der Waals surface area contributed by atoms with Gasteiger partial charge in [-0.2, -0.15) is 27.1 Å². The second kappa shape index (κ2) is 6.76. The summed E-state index contributed by atoms with van der Waals surface area (Å²) in [5, 5.41) is 3.79. The number of pyridine rings is 2. The van der Waals surface area contributed by atoms with E-state index in [1.54, 1.807) is 0 Å². The molecule has 3 aromatic heterocycles. The van der Waals surface area contributed by atoms with E-state index in [-0.39, 0.29) is 32.9 Å². The number of halogens is 5. The molecule has 0 fully saturated rings. The van der Waals surface area contributed by atoms with Gasteiger partial charge in [0.1, 0.15) is 12.2 Å². The SMILES string of the molecule is CCS(=O)(=O)c1cccnc1-c1cc2cnn(CC(F)(F)C(F)(F)F)c2cn1. The Kier molecular flexibility index (Phi) is 4.86. The predicted octanol–water partition coefficient (Wildman–Crippen LogP) is 3.48. The van der Waals surface area contributed by atoms with Gasteiger partial charge in [-0.25, -0.2) is 8.42 Å². The van der Waals surface area contributed by atoms with Crippen LogP contribution in [-0.4, -0.2) is 46.0 Å². The number of fused-ring (bicyclic) bond motifs is 1. The summed E-state index contributed by atoms with van der Waals surface area (Å²) < 4.78 is 88.9. The van der Waals surface area contributed by atoms with Crippen molar-refractivity contribution in [1.82, 2.24) is 19.7 Å². The van der Waals surface area contributed by atoms with Gasteiger partial charge in [-0.3, -0.25) is 14.6 Å². The lowest BCUT2D eigenvalue weighted by molar-refractivity contribution is -0.287. The summed E-state index contributed by atoms with van der Waals surface area (Å²) in [7, 11) is -3.61. The van der Waals surface area contributed by atoms with Crippen LogP contribution in [0.4, 0.5) is 22.0 Å². The first-order valence-electron chi connectivity index (χ1n) is 7.90. The Balaban J connectivity index is 2.06. The highest BCUT2D eigenvalue weighted by Gasteiger charge is 2.57. The van der Waals surface area contributed by atoms with E-state index in [1.807, 2.05) is 0 Å². The van der Waals surface area contributed by atoms with Gasteiger partial charge in [-0.1, -0.05) is 6.92 Å². The van der Waals surface area contributed by atoms with Gasteiger partial charge in [0.25, 0.3) is 0 Å². The maximum atomic E-state index is 13.3. The quantitative estimate of drug-likeness (QED) is 0.591. The Hall–Kier alpha value is -2.63. The Morgan fingerprint density at radius 2 is 1.82 bits per heavy atom. The predicted molar refractivity (Wildman–Crippen MR) is 89.5 cm³/mol. The van der Waals surface area contributed by atoms with Gasteiger partial charge in [-0.15, -0.1) is 0 Å². The molecule has 0 spiro atoms. The fraction of sp³-hybridized carbons (Fsp3) is 0.312. The highest BCUT2D eigenvalue weighted by Crippen LogP contribution is 2.37. The Labute approximate surface area is 155 Å². The second-order valence-electron chi connectivity index (χ2n) is 5.89. The average molecular weight is 420 g/mol. The molecule has 0 saturated heterocycles. The third kappa shape index (κ3) is 3.55. The molecule has 6 nitrogen and oxygen atoms in total. The lowest BCUT2D eigenvalue weighted by Crippen LogP contribution is -2.40. The number of alkyl halides is 5. The van der Waals surface area contributed by atoms with Gasteiger partial charge < -0.3 is 0 Å². The average Bonchev–Trinajstić information content (AvgIpc) is 3.02. The Bertz CT molecular complexity index is 1130. The molecule has 28 heavy (non-hydrogen) atoms. The Morgan fingerprint density at radius 3 is 2.46 bits per heavy atom. The van der Waals surface area contributed by atoms with Gasteiger partial charge in [0, 0.05) is 11.6 Å². The van der Waals surface area contributed by atoms with Gasteiger partial charge >= 0.3 is 12.1 Å². The minimum atomic E-state index is -5.71. The van der Waals surface area contributed by atoms with Crippen LogP contribution in [0.3, 0.4) is 0 Å². The molecule has 3 rings (SSSR count). The summed E-state index contributed by atoms with van der Waals surface area (Å²) in [6.07, 6.45) is -2.19. The normalized spacial score (nSPS) is 13.2. The van der Waals surface area contributed by atoms with Crippen molar-refractivity contribution in [2.75, 3.05) is 5.75 Å². The number of sulfone groups is 1. The molecule has 0 N–H and O–H groups in total. The summed E-state index contributed by atoms with van der Waals surface area (Å²) in [6.45, 7) is -0.228. The van der Waals surface area contributed by atoms with Crippen molar-refractivity contribution in [2.45, 2.75) is 30.5 Å². The first-order valence-corrected chi connectivity index (χ1v) is 9.56. The van der Waals surface area contributed by atoms with Crippen LogP contribution in [0.25, 0.3) is 22.3 Å². The third-order valence-corrected chi connectivity index (χ3v) is 5.78. The minimum Gasteiger partial charge on any atom is -0.257 e. The minimum absolute atomic E-state index is 0.0523. The van der Waals surface area contributed by atoms with Crippen LogP contribution in [-0.2, 0) is 16.4 Å². The van der Waals surface area contributed by atoms with Crippen molar-refractivity contribution in [3.05, 3.63) is 36.8 Å². The summed E-state index contributed by atoms with van der Waals surface area (Å²) in [6, 6.07) is 4.14. The molecule has 0 radical (unpaired) electrons. The van der Waals surface area contributed by atoms with E-state index in [4.69, 9.17) is 0 Å². The van der Waals surface area contributed by atoms with Crippen molar-refractivity contribution in [3.63, 3.8) is 0 Å². The van der Waals surface area contributed by atoms with Crippen molar-refractivity contribution in [1.29, 1.82) is 0 Å². The molecule has 3 heterocycles. The second-order valence-corrected chi connectivity index (χ2v) is 8.13. The molecular weight excluding hydrogens is 407 g/mol. The van der Waals surface area contributed by atoms with E-state index in [2.05, 4.69) is 15.1 Å². The first kappa shape index (κ1) is 20.1. The fourth-order valence-electron chi connectivity index (χ4n) is 2.50. The monoisotopic (exact) mass is 420 g/mol. The zero-order chi connectivity index (χ0) is 20.7. The molecule has 12 heteroatoms. The van der Waals surface area contributed by atoms with Gasteiger partial charge in [0.05, 0.1) is 34.3 Å². The van der Waals surface area contributed by atoms with Gasteiger partial charge in [-0.05, 0) is 18.2 Å². The number of aromatic nitrogens is 4. The van der Waals surface area contributed by atoms with E-state index < -0.39 is 28.5 Å². The largest absolute Gasteiger partial charge is 0.455 e. The van der Waals surface area contributed by atoms with Crippen LogP contribution in [0.5, 0.6) is 0 Å². The van der Waals surface area contributed by atoms with Gasteiger partial charge in [0.15, 0.2) is 9.84 Å². The molecule has 0 aromatic carbocycles. The fourth-order valence-corrected chi connectivity index (χ4v) is 3.55. The molecule has 150 valence electrons. The topological polar surface area (TPSA) is 77.7 Å². The van der Waals surface area contributed by atoms with Crippen LogP contribution in [0, 0.1) is 0 Å². The van der Waals surface area contributed by atoms with Crippen LogP contribution < -0.4 is 0 Å². The molecule has 0 aliphatic carbocycles. The highest BCUT2D eigenvalue weighted by molar-refractivity contribution is 7.91. The number of hydrogen-bond acceptors (Lipinski definition) is 5. The lowest BCUT2D eigenvalue weighted by atomic mass is 10.2. The van der Waals surface area contributed by atoms with Crippen LogP contribution in [0.1, 0.15) is 6.92 Å². The lowest BCUT2D eigenvalue weighted by Gasteiger charge is -2.19. The van der Waals surface area contributed by atoms with Gasteiger partial charge in [0.2, 0.25) is 0 Å². The van der Waals surface area contributed by atoms with Crippen LogP contribution in [0.15, 0.2) is 41.7 Å². The van der Waals surface area contributed by atoms with E-state index in [0.29, 0.717) is 4.68 Å². The van der Waals surface area contributed by atoms with E-state index in [9.17, 15) is 30.4 Å². The molecule has 0 unspecified atom stereocenters. The molecule has 0 amide bonds. The van der Waals surface area contributed by atoms with Crippen molar-refractivity contribution in [3.8, 4) is 11.4 Å². The number of hydrogen-bond donors (Lipinski definition) is 0. The van der Waals surface area contributed by atoms with Crippen LogP contribution in [0.2, 0.25) is 0 Å². The molecule has 0 atom stereocenters. The zero-order valence-corrected chi connectivity index (χ0v) is 15.1. The van der Waals surface area contributed by atoms with E-state index in [0.717, 1.165) is 12.4 Å². The Morgan fingerprint density at radius 1 is 1.11 bits per heavy atom. The van der Waals surface area contributed by atoms with E-state index in [1.165, 1.54) is 31.3 Å². The smallest absolute Gasteiger partial charge is 0.257 e. The van der Waals surface area contributed by atoms with E-state index >= 15 is 0 Å². The number of rotatable bonds is 5. The standard InChI is InChI=1S/C16H13F5N4O2S/c1-2-28(26,27)13-4-3-5-22-14(13)11-6-10-7-24-25(12(10)8-23-11)9-15(17,18)16(19,20)21/h3-8H,2,9H2,1H3. The molecular formula is C16H13F5N4O2S. The molecule has 0 saturated carbocycles. The summed E-state index contributed by atoms with van der Waals surface area (Å²) in [5.41, 5.74) is 0.130. The molecule has 3 aromatic rings. The third-order valence-electron chi connectivity index (χ3n) is 4.02. The number of nitrogens with zero attached hydrogens (tertiary/aromatic N) is 4. The summed E-state index contributed by atoms with van der Waals surface area (Å²) in [4.78, 5) is 7.97. The maximum Gasteiger partial charge on any atom is 0.455 e. The summed E-state index contributed by atoms with van der Waals surface area (Å²) in [5.74, 6) is -5.13. The van der Waals surface area contributed by atoms with Crippen molar-refractivity contribution < 1.29 is 30.4 Å². The first-order chi connectivity index (χ1) is 13.0. The van der Waals surface area contributed by atoms with Crippen LogP contribution >= 0.6 is 0 Å².